The number of urea groups is 1. The highest BCUT2D eigenvalue weighted by molar-refractivity contribution is 8.00. The largest absolute Gasteiger partial charge is 0.345 e. The van der Waals surface area contributed by atoms with Crippen LogP contribution in [0.15, 0.2) is 34.9 Å². The van der Waals surface area contributed by atoms with E-state index >= 15 is 0 Å². The van der Waals surface area contributed by atoms with Gasteiger partial charge in [0.2, 0.25) is 5.91 Å². The molecule has 2 heterocycles. The first-order valence-electron chi connectivity index (χ1n) is 13.8. The number of unbranched alkanes of at least 4 members (excludes halogenated alkanes) is 1. The first kappa shape index (κ1) is 32.8. The molecule has 2 saturated heterocycles. The Morgan fingerprint density at radius 1 is 1.05 bits per heavy atom. The standard InChI is InChI=1S/C29H46ClN3O3S2/c1-20(2)9-7-10-21(3)11-8-12-22(4)15-16-37-18-23(25(34)17-30)31-27(35)14-6-5-13-26-28-24(19-38-26)32-29(36)33-28/h9,11,15,23-24,26,28H,5-8,10,12-14,16-19H2,1-4H3,(H,31,35)(H2,32,33,36)/b21-11+,22-15+. The fourth-order valence-electron chi connectivity index (χ4n) is 4.57. The third-order valence-electron chi connectivity index (χ3n) is 6.89. The second-order valence-corrected chi connectivity index (χ2v) is 13.2. The van der Waals surface area contributed by atoms with Gasteiger partial charge in [0.15, 0.2) is 5.78 Å². The summed E-state index contributed by atoms with van der Waals surface area (Å²) in [5, 5.41) is 9.25. The minimum Gasteiger partial charge on any atom is -0.345 e. The molecule has 6 nitrogen and oxygen atoms in total. The summed E-state index contributed by atoms with van der Waals surface area (Å²) >= 11 is 9.34. The van der Waals surface area contributed by atoms with Crippen LogP contribution in [-0.4, -0.2) is 64.2 Å². The predicted molar refractivity (Wildman–Crippen MR) is 164 cm³/mol. The molecule has 0 aromatic rings. The van der Waals surface area contributed by atoms with Gasteiger partial charge in [0.1, 0.15) is 0 Å². The number of halogens is 1. The van der Waals surface area contributed by atoms with Crippen LogP contribution in [0.3, 0.4) is 0 Å². The van der Waals surface area contributed by atoms with Gasteiger partial charge in [-0.1, -0.05) is 41.4 Å². The van der Waals surface area contributed by atoms with Gasteiger partial charge in [0.05, 0.1) is 24.0 Å². The van der Waals surface area contributed by atoms with E-state index in [1.165, 1.54) is 16.7 Å². The Balaban J connectivity index is 1.63. The second kappa shape index (κ2) is 18.1. The molecule has 38 heavy (non-hydrogen) atoms. The van der Waals surface area contributed by atoms with Crippen LogP contribution in [0.5, 0.6) is 0 Å². The fourth-order valence-corrected chi connectivity index (χ4v) is 7.35. The quantitative estimate of drug-likeness (QED) is 0.0779. The smallest absolute Gasteiger partial charge is 0.315 e. The molecule has 0 radical (unpaired) electrons. The monoisotopic (exact) mass is 583 g/mol. The molecule has 0 aliphatic carbocycles. The summed E-state index contributed by atoms with van der Waals surface area (Å²) in [5.74, 6) is 1.94. The van der Waals surface area contributed by atoms with Crippen molar-refractivity contribution < 1.29 is 14.4 Å². The molecular formula is C29H46ClN3O3S2. The van der Waals surface area contributed by atoms with Gasteiger partial charge in [-0.05, 0) is 66.2 Å². The molecule has 0 aromatic carbocycles. The van der Waals surface area contributed by atoms with Crippen molar-refractivity contribution in [1.29, 1.82) is 0 Å². The van der Waals surface area contributed by atoms with E-state index in [9.17, 15) is 14.4 Å². The van der Waals surface area contributed by atoms with Crippen molar-refractivity contribution in [3.8, 4) is 0 Å². The summed E-state index contributed by atoms with van der Waals surface area (Å²) in [6.07, 6.45) is 14.2. The maximum atomic E-state index is 12.5. The van der Waals surface area contributed by atoms with E-state index in [2.05, 4.69) is 61.9 Å². The molecule has 2 aliphatic rings. The molecule has 2 rings (SSSR count). The van der Waals surface area contributed by atoms with Gasteiger partial charge in [-0.15, -0.1) is 11.6 Å². The van der Waals surface area contributed by atoms with Crippen molar-refractivity contribution in [2.45, 2.75) is 102 Å². The van der Waals surface area contributed by atoms with Gasteiger partial charge in [0.25, 0.3) is 0 Å². The van der Waals surface area contributed by atoms with Crippen LogP contribution in [0.25, 0.3) is 0 Å². The number of thioether (sulfide) groups is 2. The van der Waals surface area contributed by atoms with Crippen LogP contribution in [-0.2, 0) is 9.59 Å². The van der Waals surface area contributed by atoms with E-state index in [1.54, 1.807) is 11.8 Å². The molecule has 9 heteroatoms. The number of hydrogen-bond acceptors (Lipinski definition) is 5. The van der Waals surface area contributed by atoms with Crippen LogP contribution in [0.4, 0.5) is 4.79 Å². The molecule has 0 saturated carbocycles. The number of carbonyl (C=O) groups excluding carboxylic acids is 3. The number of carbonyl (C=O) groups is 3. The lowest BCUT2D eigenvalue weighted by Gasteiger charge is -2.17. The first-order chi connectivity index (χ1) is 18.2. The van der Waals surface area contributed by atoms with Crippen LogP contribution in [0.1, 0.15) is 79.1 Å². The number of allylic oxidation sites excluding steroid dienone is 5. The number of alkyl halides is 1. The van der Waals surface area contributed by atoms with E-state index in [4.69, 9.17) is 11.6 Å². The lowest BCUT2D eigenvalue weighted by atomic mass is 10.0. The zero-order valence-electron chi connectivity index (χ0n) is 23.4. The SMILES string of the molecule is CC(C)=CCC/C(C)=C/CC/C(C)=C/CSCC(NC(=O)CCCCC1SCC2NC(=O)NC21)C(=O)CCl. The molecule has 2 fully saturated rings. The summed E-state index contributed by atoms with van der Waals surface area (Å²) in [4.78, 5) is 36.3. The normalized spacial score (nSPS) is 21.9. The Hall–Kier alpha value is -1.38. The zero-order chi connectivity index (χ0) is 27.9. The van der Waals surface area contributed by atoms with E-state index in [1.807, 2.05) is 11.8 Å². The molecular weight excluding hydrogens is 538 g/mol. The maximum Gasteiger partial charge on any atom is 0.315 e. The highest BCUT2D eigenvalue weighted by Gasteiger charge is 2.42. The molecule has 0 spiro atoms. The summed E-state index contributed by atoms with van der Waals surface area (Å²) in [6, 6.07) is -0.199. The molecule has 214 valence electrons. The predicted octanol–water partition coefficient (Wildman–Crippen LogP) is 6.16. The van der Waals surface area contributed by atoms with Crippen LogP contribution < -0.4 is 16.0 Å². The van der Waals surface area contributed by atoms with Gasteiger partial charge in [-0.25, -0.2) is 4.79 Å². The van der Waals surface area contributed by atoms with Gasteiger partial charge < -0.3 is 16.0 Å². The van der Waals surface area contributed by atoms with Crippen molar-refractivity contribution in [1.82, 2.24) is 16.0 Å². The Labute approximate surface area is 243 Å². The molecule has 3 amide bonds. The highest BCUT2D eigenvalue weighted by atomic mass is 35.5. The second-order valence-electron chi connectivity index (χ2n) is 10.6. The van der Waals surface area contributed by atoms with Crippen molar-refractivity contribution in [2.75, 3.05) is 23.1 Å². The number of Topliss-reactive ketones (excluding diaryl/α,β-unsaturated/α-hetero) is 1. The Bertz CT molecular complexity index is 886. The molecule has 4 atom stereocenters. The maximum absolute atomic E-state index is 12.5. The summed E-state index contributed by atoms with van der Waals surface area (Å²) in [6.45, 7) is 8.62. The van der Waals surface area contributed by atoms with E-state index in [-0.39, 0.29) is 35.7 Å². The Morgan fingerprint density at radius 2 is 1.76 bits per heavy atom. The number of rotatable bonds is 18. The fraction of sp³-hybridized carbons (Fsp3) is 0.690. The van der Waals surface area contributed by atoms with Crippen molar-refractivity contribution in [2.24, 2.45) is 0 Å². The van der Waals surface area contributed by atoms with Crippen LogP contribution in [0, 0.1) is 0 Å². The summed E-state index contributed by atoms with van der Waals surface area (Å²) in [5.41, 5.74) is 4.15. The van der Waals surface area contributed by atoms with Gasteiger partial charge >= 0.3 is 6.03 Å². The van der Waals surface area contributed by atoms with E-state index < -0.39 is 6.04 Å². The van der Waals surface area contributed by atoms with Gasteiger partial charge in [0, 0.05) is 28.9 Å². The molecule has 4 unspecified atom stereocenters. The average Bonchev–Trinajstić information content (AvgIpc) is 3.42. The first-order valence-corrected chi connectivity index (χ1v) is 16.5. The third kappa shape index (κ3) is 12.6. The van der Waals surface area contributed by atoms with Crippen molar-refractivity contribution >= 4 is 52.8 Å². The van der Waals surface area contributed by atoms with Crippen LogP contribution in [0.2, 0.25) is 0 Å². The zero-order valence-corrected chi connectivity index (χ0v) is 25.8. The van der Waals surface area contributed by atoms with Gasteiger partial charge in [-0.3, -0.25) is 9.59 Å². The number of hydrogen-bond donors (Lipinski definition) is 3. The molecule has 2 aliphatic heterocycles. The number of fused-ring (bicyclic) bond motifs is 1. The van der Waals surface area contributed by atoms with Crippen molar-refractivity contribution in [3.63, 3.8) is 0 Å². The summed E-state index contributed by atoms with van der Waals surface area (Å²) < 4.78 is 0. The average molecular weight is 584 g/mol. The minimum atomic E-state index is -0.545. The van der Waals surface area contributed by atoms with E-state index in [0.29, 0.717) is 17.4 Å². The van der Waals surface area contributed by atoms with E-state index in [0.717, 1.165) is 56.5 Å². The summed E-state index contributed by atoms with van der Waals surface area (Å²) in [7, 11) is 0. The van der Waals surface area contributed by atoms with Gasteiger partial charge in [-0.2, -0.15) is 23.5 Å². The highest BCUT2D eigenvalue weighted by Crippen LogP contribution is 2.33. The lowest BCUT2D eigenvalue weighted by molar-refractivity contribution is -0.126. The Morgan fingerprint density at radius 3 is 2.47 bits per heavy atom. The lowest BCUT2D eigenvalue weighted by Crippen LogP contribution is -2.43. The number of nitrogens with one attached hydrogen (secondary N) is 3. The topological polar surface area (TPSA) is 87.3 Å². The molecule has 0 bridgehead atoms. The van der Waals surface area contributed by atoms with Crippen LogP contribution >= 0.6 is 35.1 Å². The Kier molecular flexibility index (Phi) is 15.6. The molecule has 3 N–H and O–H groups in total. The minimum absolute atomic E-state index is 0.0725. The number of ketones is 1. The molecule has 0 aromatic heterocycles. The number of amides is 3. The third-order valence-corrected chi connectivity index (χ3v) is 9.64. The van der Waals surface area contributed by atoms with Crippen molar-refractivity contribution in [3.05, 3.63) is 34.9 Å².